The second-order valence-electron chi connectivity index (χ2n) is 12.8. The lowest BCUT2D eigenvalue weighted by Crippen LogP contribution is -2.29. The number of aryl methyl sites for hydroxylation is 2. The Hall–Kier alpha value is -2.55. The largest absolute Gasteiger partial charge is 0.253 e. The van der Waals surface area contributed by atoms with Crippen LogP contribution in [0.5, 0.6) is 0 Å². The molecule has 0 fully saturated rings. The van der Waals surface area contributed by atoms with Crippen LogP contribution in [0.4, 0.5) is 0 Å². The highest BCUT2D eigenvalue weighted by Crippen LogP contribution is 2.44. The van der Waals surface area contributed by atoms with Crippen LogP contribution in [0.3, 0.4) is 0 Å². The van der Waals surface area contributed by atoms with Crippen molar-refractivity contribution in [1.29, 1.82) is 0 Å². The number of allylic oxidation sites excluding steroid dienone is 5. The van der Waals surface area contributed by atoms with E-state index < -0.39 is 9.39 Å². The molecular formula is C46H77NS. The summed E-state index contributed by atoms with van der Waals surface area (Å²) in [5, 5.41) is 0. The summed E-state index contributed by atoms with van der Waals surface area (Å²) in [6.07, 6.45) is 20.9. The number of rotatable bonds is 13. The van der Waals surface area contributed by atoms with Gasteiger partial charge in [0.15, 0.2) is 0 Å². The highest BCUT2D eigenvalue weighted by molar-refractivity contribution is 8.25. The summed E-state index contributed by atoms with van der Waals surface area (Å²) in [5.74, 6) is 9.22. The normalized spacial score (nSPS) is 12.4. The van der Waals surface area contributed by atoms with Crippen LogP contribution in [0.1, 0.15) is 148 Å². The topological polar surface area (TPSA) is 3.24 Å². The average Bonchev–Trinajstić information content (AvgIpc) is 3.06. The molecule has 0 aliphatic carbocycles. The summed E-state index contributed by atoms with van der Waals surface area (Å²) in [6.45, 7) is 36.7. The van der Waals surface area contributed by atoms with Gasteiger partial charge in [-0.3, -0.25) is 4.31 Å². The van der Waals surface area contributed by atoms with Crippen molar-refractivity contribution < 1.29 is 0 Å². The Morgan fingerprint density at radius 2 is 1.27 bits per heavy atom. The molecule has 48 heavy (non-hydrogen) atoms. The molecule has 1 heterocycles. The molecule has 2 aromatic carbocycles. The summed E-state index contributed by atoms with van der Waals surface area (Å²) in [4.78, 5) is 1.33. The van der Waals surface area contributed by atoms with E-state index in [9.17, 15) is 0 Å². The maximum Gasteiger partial charge on any atom is 0.0343 e. The van der Waals surface area contributed by atoms with Crippen molar-refractivity contribution in [3.63, 3.8) is 0 Å². The first kappa shape index (κ1) is 47.6. The van der Waals surface area contributed by atoms with Crippen molar-refractivity contribution >= 4 is 26.7 Å². The van der Waals surface area contributed by atoms with Crippen LogP contribution >= 0.6 is 9.39 Å². The minimum absolute atomic E-state index is 0.701. The van der Waals surface area contributed by atoms with E-state index in [2.05, 4.69) is 140 Å². The van der Waals surface area contributed by atoms with Gasteiger partial charge in [0.05, 0.1) is 0 Å². The van der Waals surface area contributed by atoms with Crippen molar-refractivity contribution in [2.75, 3.05) is 6.54 Å². The molecule has 1 aliphatic heterocycles. The summed E-state index contributed by atoms with van der Waals surface area (Å²) >= 11 is 0. The molecule has 1 nitrogen and oxygen atoms in total. The lowest BCUT2D eigenvalue weighted by atomic mass is 9.72. The Morgan fingerprint density at radius 3 is 1.62 bits per heavy atom. The molecule has 3 rings (SSSR count). The zero-order valence-electron chi connectivity index (χ0n) is 33.6. The number of hydrogen-bond acceptors (Lipinski definition) is 1. The highest BCUT2D eigenvalue weighted by atomic mass is 32.2. The maximum absolute atomic E-state index is 4.61. The van der Waals surface area contributed by atoms with Gasteiger partial charge in [0.2, 0.25) is 0 Å². The average molecular weight is 676 g/mol. The fourth-order valence-corrected chi connectivity index (χ4v) is 9.30. The van der Waals surface area contributed by atoms with Gasteiger partial charge in [0.1, 0.15) is 0 Å². The van der Waals surface area contributed by atoms with Crippen molar-refractivity contribution in [3.8, 4) is 0 Å². The molecule has 0 unspecified atom stereocenters. The molecule has 0 saturated carbocycles. The highest BCUT2D eigenvalue weighted by Gasteiger charge is 2.26. The van der Waals surface area contributed by atoms with Gasteiger partial charge in [-0.25, -0.2) is 0 Å². The fraction of sp³-hybridized carbons (Fsp3) is 0.522. The van der Waals surface area contributed by atoms with Gasteiger partial charge in [-0.15, -0.1) is 9.39 Å². The fourth-order valence-electron chi connectivity index (χ4n) is 6.89. The number of nitrogens with zero attached hydrogens (tertiary/aromatic N) is 1. The summed E-state index contributed by atoms with van der Waals surface area (Å²) in [7, 11) is -1.50. The van der Waals surface area contributed by atoms with E-state index in [1.54, 1.807) is 12.2 Å². The molecule has 272 valence electrons. The van der Waals surface area contributed by atoms with Crippen LogP contribution in [-0.2, 0) is 13.0 Å². The monoisotopic (exact) mass is 676 g/mol. The van der Waals surface area contributed by atoms with Gasteiger partial charge >= 0.3 is 0 Å². The van der Waals surface area contributed by atoms with E-state index in [-0.39, 0.29) is 0 Å². The summed E-state index contributed by atoms with van der Waals surface area (Å²) in [6, 6.07) is 13.1. The molecule has 2 heteroatoms. The minimum Gasteiger partial charge on any atom is -0.253 e. The molecule has 0 N–H and O–H groups in total. The standard InChI is InChI=1S/C22H27NS.C13H28.C5H10.C4H6.C2H6/c1-16(2)20-12-8-11-19-13-14-23(15-21(19)20)24(5,6)22-17(3)9-7-10-18(22)4;1-5-9-13(10-6-2,11-7-3)12-8-4;1-3-5-4-2;1-3-4-2;1-2/h7-12H,1,5-6,13-15H2,2-4H3;5-12H2,1-4H3;3,5H,4H2,1-2H3;3-4H,1-2H2;1-2H3/b;;5-3-;;. The van der Waals surface area contributed by atoms with Crippen LogP contribution < -0.4 is 0 Å². The SMILES string of the molecule is C/C=C\CC.C=C(C)c1cccc2c1CN(S(=C)(=C)c1c(C)cccc1C)CC2.C=CC=C.CC.CCCC(CCC)(CCC)CCC. The predicted molar refractivity (Wildman–Crippen MR) is 230 cm³/mol. The maximum atomic E-state index is 4.61. The Balaban J connectivity index is 0. The van der Waals surface area contributed by atoms with E-state index >= 15 is 0 Å². The number of hydrogen-bond donors (Lipinski definition) is 0. The third kappa shape index (κ3) is 16.2. The molecule has 0 atom stereocenters. The first-order chi connectivity index (χ1) is 22.9. The van der Waals surface area contributed by atoms with Gasteiger partial charge in [-0.1, -0.05) is 172 Å². The molecular weight excluding hydrogens is 599 g/mol. The Labute approximate surface area is 302 Å². The molecule has 0 spiro atoms. The van der Waals surface area contributed by atoms with Gasteiger partial charge in [0, 0.05) is 18.0 Å². The zero-order chi connectivity index (χ0) is 37.2. The molecule has 2 aromatic rings. The van der Waals surface area contributed by atoms with E-state index in [0.29, 0.717) is 5.41 Å². The molecule has 0 amide bonds. The van der Waals surface area contributed by atoms with Crippen LogP contribution in [0.15, 0.2) is 85.3 Å². The van der Waals surface area contributed by atoms with Crippen LogP contribution in [0.2, 0.25) is 0 Å². The number of benzene rings is 2. The number of fused-ring (bicyclic) bond motifs is 1. The predicted octanol–water partition coefficient (Wildman–Crippen LogP) is 14.9. The molecule has 1 aliphatic rings. The van der Waals surface area contributed by atoms with Crippen LogP contribution in [0.25, 0.3) is 5.57 Å². The molecule has 0 radical (unpaired) electrons. The van der Waals surface area contributed by atoms with Crippen molar-refractivity contribution in [3.05, 3.63) is 108 Å². The van der Waals surface area contributed by atoms with Crippen molar-refractivity contribution in [2.24, 2.45) is 5.41 Å². The smallest absolute Gasteiger partial charge is 0.0343 e. The zero-order valence-corrected chi connectivity index (χ0v) is 34.5. The quantitative estimate of drug-likeness (QED) is 0.116. The van der Waals surface area contributed by atoms with Gasteiger partial charge in [-0.2, -0.15) is 0 Å². The third-order valence-corrected chi connectivity index (χ3v) is 11.4. The van der Waals surface area contributed by atoms with E-state index in [1.165, 1.54) is 84.1 Å². The Kier molecular flexibility index (Phi) is 27.0. The van der Waals surface area contributed by atoms with Gasteiger partial charge in [-0.05, 0) is 99.5 Å². The minimum atomic E-state index is -1.50. The van der Waals surface area contributed by atoms with Gasteiger partial charge in [0.25, 0.3) is 0 Å². The van der Waals surface area contributed by atoms with E-state index in [0.717, 1.165) is 31.5 Å². The van der Waals surface area contributed by atoms with Gasteiger partial charge < -0.3 is 0 Å². The van der Waals surface area contributed by atoms with Crippen molar-refractivity contribution in [1.82, 2.24) is 4.31 Å². The first-order valence-corrected chi connectivity index (χ1v) is 20.7. The Bertz CT molecular complexity index is 1250. The Morgan fingerprint density at radius 1 is 0.812 bits per heavy atom. The summed E-state index contributed by atoms with van der Waals surface area (Å²) < 4.78 is 2.50. The second-order valence-corrected chi connectivity index (χ2v) is 15.5. The summed E-state index contributed by atoms with van der Waals surface area (Å²) in [5.41, 5.74) is 8.58. The molecule has 0 bridgehead atoms. The van der Waals surface area contributed by atoms with E-state index in [4.69, 9.17) is 0 Å². The first-order valence-electron chi connectivity index (χ1n) is 18.8. The van der Waals surface area contributed by atoms with Crippen LogP contribution in [-0.4, -0.2) is 22.6 Å². The second kappa shape index (κ2) is 27.3. The lowest BCUT2D eigenvalue weighted by molar-refractivity contribution is 0.190. The van der Waals surface area contributed by atoms with Crippen molar-refractivity contribution in [2.45, 2.75) is 152 Å². The molecule has 0 aromatic heterocycles. The van der Waals surface area contributed by atoms with E-state index in [1.807, 2.05) is 20.8 Å². The van der Waals surface area contributed by atoms with Crippen LogP contribution in [0, 0.1) is 19.3 Å². The lowest BCUT2D eigenvalue weighted by Gasteiger charge is -2.37. The molecule has 0 saturated heterocycles. The third-order valence-electron chi connectivity index (χ3n) is 8.74.